The van der Waals surface area contributed by atoms with E-state index in [1.807, 2.05) is 41.1 Å². The highest BCUT2D eigenvalue weighted by atomic mass is 32.1. The first kappa shape index (κ1) is 18.2. The van der Waals surface area contributed by atoms with Crippen molar-refractivity contribution in [2.24, 2.45) is 0 Å². The molecule has 0 atom stereocenters. The lowest BCUT2D eigenvalue weighted by Crippen LogP contribution is -2.20. The average molecular weight is 438 g/mol. The molecule has 29 heavy (non-hydrogen) atoms. The Kier molecular flexibility index (Phi) is 4.75. The third kappa shape index (κ3) is 3.50. The number of nitrogens with zero attached hydrogens (tertiary/aromatic N) is 3. The number of thiophene rings is 2. The maximum atomic E-state index is 13.0. The Morgan fingerprint density at radius 3 is 2.72 bits per heavy atom. The van der Waals surface area contributed by atoms with E-state index in [0.717, 1.165) is 38.0 Å². The van der Waals surface area contributed by atoms with E-state index in [4.69, 9.17) is 4.74 Å². The van der Waals surface area contributed by atoms with Crippen LogP contribution in [0.1, 0.15) is 5.69 Å². The number of ether oxygens (including phenoxy) is 1. The minimum Gasteiger partial charge on any atom is -0.497 e. The lowest BCUT2D eigenvalue weighted by molar-refractivity contribution is 0.415. The van der Waals surface area contributed by atoms with Crippen LogP contribution in [-0.2, 0) is 6.54 Å². The fourth-order valence-electron chi connectivity index (χ4n) is 3.03. The number of methoxy groups -OCH3 is 1. The smallest absolute Gasteiger partial charge is 0.271 e. The van der Waals surface area contributed by atoms with Crippen LogP contribution in [-0.4, -0.2) is 21.6 Å². The molecular weight excluding hydrogens is 422 g/mol. The van der Waals surface area contributed by atoms with Gasteiger partial charge in [0.2, 0.25) is 0 Å². The molecule has 0 fully saturated rings. The van der Waals surface area contributed by atoms with E-state index in [0.29, 0.717) is 11.2 Å². The molecule has 0 aliphatic heterocycles. The standard InChI is InChI=1S/C21H15N3O2S3/c1-26-16-4-2-13(3-5-16)18-8-17-19(29-18)21(25)24(12-22-17)9-15-11-28-20(23-15)14-6-7-27-10-14/h2-8,10-12H,9H2,1H3. The minimum atomic E-state index is -0.0372. The second-order valence-electron chi connectivity index (χ2n) is 6.39. The van der Waals surface area contributed by atoms with Gasteiger partial charge in [-0.25, -0.2) is 9.97 Å². The van der Waals surface area contributed by atoms with Crippen molar-refractivity contribution in [3.8, 4) is 26.8 Å². The van der Waals surface area contributed by atoms with Crippen LogP contribution in [0, 0.1) is 0 Å². The van der Waals surface area contributed by atoms with Gasteiger partial charge in [-0.05, 0) is 47.3 Å². The summed E-state index contributed by atoms with van der Waals surface area (Å²) in [6, 6.07) is 11.8. The quantitative estimate of drug-likeness (QED) is 0.371. The summed E-state index contributed by atoms with van der Waals surface area (Å²) in [6.45, 7) is 0.415. The summed E-state index contributed by atoms with van der Waals surface area (Å²) in [5, 5.41) is 7.09. The molecule has 5 nitrogen and oxygen atoms in total. The van der Waals surface area contributed by atoms with Gasteiger partial charge >= 0.3 is 0 Å². The number of hydrogen-bond donors (Lipinski definition) is 0. The highest BCUT2D eigenvalue weighted by Crippen LogP contribution is 2.32. The number of hydrogen-bond acceptors (Lipinski definition) is 7. The van der Waals surface area contributed by atoms with Crippen LogP contribution in [0.5, 0.6) is 5.75 Å². The van der Waals surface area contributed by atoms with Crippen molar-refractivity contribution in [3.63, 3.8) is 0 Å². The predicted molar refractivity (Wildman–Crippen MR) is 120 cm³/mol. The molecular formula is C21H15N3O2S3. The van der Waals surface area contributed by atoms with Gasteiger partial charge in [-0.1, -0.05) is 0 Å². The maximum Gasteiger partial charge on any atom is 0.271 e. The zero-order chi connectivity index (χ0) is 19.8. The molecule has 0 radical (unpaired) electrons. The molecule has 5 rings (SSSR count). The normalized spacial score (nSPS) is 11.2. The summed E-state index contributed by atoms with van der Waals surface area (Å²) < 4.78 is 7.50. The molecule has 0 aliphatic carbocycles. The predicted octanol–water partition coefficient (Wildman–Crippen LogP) is 5.37. The van der Waals surface area contributed by atoms with E-state index < -0.39 is 0 Å². The van der Waals surface area contributed by atoms with Gasteiger partial charge in [-0.3, -0.25) is 9.36 Å². The SMILES string of the molecule is COc1ccc(-c2cc3ncn(Cc4csc(-c5ccsc5)n4)c(=O)c3s2)cc1. The van der Waals surface area contributed by atoms with E-state index in [1.54, 1.807) is 40.7 Å². The number of fused-ring (bicyclic) bond motifs is 1. The van der Waals surface area contributed by atoms with Crippen LogP contribution in [0.2, 0.25) is 0 Å². The summed E-state index contributed by atoms with van der Waals surface area (Å²) in [7, 11) is 1.65. The molecule has 0 unspecified atom stereocenters. The van der Waals surface area contributed by atoms with Crippen LogP contribution < -0.4 is 10.3 Å². The summed E-state index contributed by atoms with van der Waals surface area (Å²) in [4.78, 5) is 23.2. The van der Waals surface area contributed by atoms with Crippen LogP contribution in [0.3, 0.4) is 0 Å². The molecule has 4 heterocycles. The Hall–Kier alpha value is -2.81. The van der Waals surface area contributed by atoms with Crippen LogP contribution >= 0.6 is 34.0 Å². The fraction of sp³-hybridized carbons (Fsp3) is 0.0952. The number of aromatic nitrogens is 3. The first-order valence-corrected chi connectivity index (χ1v) is 11.5. The van der Waals surface area contributed by atoms with Gasteiger partial charge in [0.1, 0.15) is 15.5 Å². The Morgan fingerprint density at radius 2 is 1.97 bits per heavy atom. The van der Waals surface area contributed by atoms with Crippen LogP contribution in [0.15, 0.2) is 63.7 Å². The molecule has 0 N–H and O–H groups in total. The van der Waals surface area contributed by atoms with Crippen LogP contribution in [0.25, 0.3) is 31.2 Å². The van der Waals surface area contributed by atoms with Crippen molar-refractivity contribution >= 4 is 44.2 Å². The number of rotatable bonds is 5. The number of thiazole rings is 1. The van der Waals surface area contributed by atoms with Crippen molar-refractivity contribution in [3.05, 3.63) is 74.9 Å². The highest BCUT2D eigenvalue weighted by molar-refractivity contribution is 7.22. The Bertz CT molecular complexity index is 1330. The van der Waals surface area contributed by atoms with Gasteiger partial charge in [0, 0.05) is 21.2 Å². The van der Waals surface area contributed by atoms with Gasteiger partial charge in [0.05, 0.1) is 31.2 Å². The third-order valence-electron chi connectivity index (χ3n) is 4.53. The highest BCUT2D eigenvalue weighted by Gasteiger charge is 2.12. The summed E-state index contributed by atoms with van der Waals surface area (Å²) in [5.74, 6) is 0.806. The second kappa shape index (κ2) is 7.55. The first-order chi connectivity index (χ1) is 14.2. The average Bonchev–Trinajstić information content (AvgIpc) is 3.50. The van der Waals surface area contributed by atoms with E-state index in [9.17, 15) is 4.79 Å². The zero-order valence-corrected chi connectivity index (χ0v) is 17.8. The molecule has 4 aromatic heterocycles. The van der Waals surface area contributed by atoms with Crippen molar-refractivity contribution in [1.82, 2.24) is 14.5 Å². The maximum absolute atomic E-state index is 13.0. The van der Waals surface area contributed by atoms with Crippen molar-refractivity contribution in [2.75, 3.05) is 7.11 Å². The summed E-state index contributed by atoms with van der Waals surface area (Å²) >= 11 is 4.71. The lowest BCUT2D eigenvalue weighted by atomic mass is 10.2. The van der Waals surface area contributed by atoms with Gasteiger partial charge < -0.3 is 4.74 Å². The molecule has 0 bridgehead atoms. The molecule has 0 aliphatic rings. The molecule has 0 saturated carbocycles. The summed E-state index contributed by atoms with van der Waals surface area (Å²) in [6.07, 6.45) is 1.61. The van der Waals surface area contributed by atoms with E-state index in [-0.39, 0.29) is 5.56 Å². The van der Waals surface area contributed by atoms with Crippen molar-refractivity contribution in [1.29, 1.82) is 0 Å². The van der Waals surface area contributed by atoms with Crippen molar-refractivity contribution in [2.45, 2.75) is 6.54 Å². The van der Waals surface area contributed by atoms with Gasteiger partial charge in [0.25, 0.3) is 5.56 Å². The van der Waals surface area contributed by atoms with Crippen LogP contribution in [0.4, 0.5) is 0 Å². The Morgan fingerprint density at radius 1 is 1.10 bits per heavy atom. The monoisotopic (exact) mass is 437 g/mol. The summed E-state index contributed by atoms with van der Waals surface area (Å²) in [5.41, 5.74) is 3.71. The zero-order valence-electron chi connectivity index (χ0n) is 15.4. The van der Waals surface area contributed by atoms with Gasteiger partial charge in [-0.15, -0.1) is 22.7 Å². The third-order valence-corrected chi connectivity index (χ3v) is 7.32. The topological polar surface area (TPSA) is 57.0 Å². The molecule has 144 valence electrons. The number of benzene rings is 1. The minimum absolute atomic E-state index is 0.0372. The molecule has 0 amide bonds. The van der Waals surface area contributed by atoms with E-state index in [1.165, 1.54) is 11.3 Å². The van der Waals surface area contributed by atoms with Crippen molar-refractivity contribution < 1.29 is 4.74 Å². The molecule has 8 heteroatoms. The molecule has 1 aromatic carbocycles. The first-order valence-electron chi connectivity index (χ1n) is 8.81. The van der Waals surface area contributed by atoms with E-state index >= 15 is 0 Å². The fourth-order valence-corrected chi connectivity index (χ4v) is 5.62. The molecule has 5 aromatic rings. The Balaban J connectivity index is 1.46. The molecule has 0 saturated heterocycles. The van der Waals surface area contributed by atoms with Gasteiger partial charge in [-0.2, -0.15) is 11.3 Å². The largest absolute Gasteiger partial charge is 0.497 e. The molecule has 0 spiro atoms. The van der Waals surface area contributed by atoms with Gasteiger partial charge in [0.15, 0.2) is 0 Å². The lowest BCUT2D eigenvalue weighted by Gasteiger charge is -2.02. The second-order valence-corrected chi connectivity index (χ2v) is 9.08. The van der Waals surface area contributed by atoms with E-state index in [2.05, 4.69) is 21.4 Å². The Labute approximate surface area is 178 Å².